The second-order valence-electron chi connectivity index (χ2n) is 3.05. The standard InChI is InChI=1S/C11H12N2/c1-13-9-8-12-11(13)10-6-4-2-3-5-7-10/h2,4-9H,3H2,1H3. The Morgan fingerprint density at radius 2 is 2.31 bits per heavy atom. The summed E-state index contributed by atoms with van der Waals surface area (Å²) < 4.78 is 2.02. The van der Waals surface area contributed by atoms with Crippen LogP contribution in [0.5, 0.6) is 0 Å². The molecule has 0 spiro atoms. The Bertz CT molecular complexity index is 381. The molecule has 13 heavy (non-hydrogen) atoms. The van der Waals surface area contributed by atoms with Crippen LogP contribution in [-0.2, 0) is 7.05 Å². The van der Waals surface area contributed by atoms with Crippen LogP contribution in [0.15, 0.2) is 42.8 Å². The molecule has 2 rings (SSSR count). The second-order valence-corrected chi connectivity index (χ2v) is 3.05. The number of allylic oxidation sites excluding steroid dienone is 6. The van der Waals surface area contributed by atoms with Gasteiger partial charge in [0.05, 0.1) is 0 Å². The summed E-state index contributed by atoms with van der Waals surface area (Å²) in [6, 6.07) is 0. The van der Waals surface area contributed by atoms with E-state index in [9.17, 15) is 0 Å². The molecule has 0 amide bonds. The van der Waals surface area contributed by atoms with Gasteiger partial charge in [0.15, 0.2) is 0 Å². The van der Waals surface area contributed by atoms with E-state index in [1.807, 2.05) is 24.0 Å². The van der Waals surface area contributed by atoms with Crippen LogP contribution in [0.3, 0.4) is 0 Å². The Balaban J connectivity index is 2.40. The number of hydrogen-bond donors (Lipinski definition) is 0. The second kappa shape index (κ2) is 3.44. The average Bonchev–Trinajstić information content (AvgIpc) is 2.43. The van der Waals surface area contributed by atoms with E-state index in [1.54, 1.807) is 0 Å². The van der Waals surface area contributed by atoms with Gasteiger partial charge >= 0.3 is 0 Å². The molecule has 0 radical (unpaired) electrons. The minimum Gasteiger partial charge on any atom is -0.334 e. The molecule has 1 aromatic heterocycles. The third-order valence-corrected chi connectivity index (χ3v) is 2.06. The Kier molecular flexibility index (Phi) is 2.13. The number of nitrogens with zero attached hydrogens (tertiary/aromatic N) is 2. The Morgan fingerprint density at radius 1 is 1.38 bits per heavy atom. The molecule has 1 aliphatic rings. The molecule has 0 N–H and O–H groups in total. The fourth-order valence-corrected chi connectivity index (χ4v) is 1.37. The maximum atomic E-state index is 4.29. The van der Waals surface area contributed by atoms with E-state index in [2.05, 4.69) is 35.4 Å². The maximum Gasteiger partial charge on any atom is 0.139 e. The lowest BCUT2D eigenvalue weighted by atomic mass is 10.2. The van der Waals surface area contributed by atoms with Crippen LogP contribution in [0.25, 0.3) is 5.57 Å². The van der Waals surface area contributed by atoms with Crippen LogP contribution >= 0.6 is 0 Å². The zero-order valence-electron chi connectivity index (χ0n) is 7.64. The van der Waals surface area contributed by atoms with Crippen molar-refractivity contribution in [3.05, 3.63) is 48.6 Å². The molecule has 2 nitrogen and oxygen atoms in total. The molecular formula is C11H12N2. The van der Waals surface area contributed by atoms with Crippen LogP contribution < -0.4 is 0 Å². The number of aromatic nitrogens is 2. The lowest BCUT2D eigenvalue weighted by Crippen LogP contribution is -1.94. The van der Waals surface area contributed by atoms with Gasteiger partial charge in [-0.05, 0) is 6.42 Å². The van der Waals surface area contributed by atoms with Crippen molar-refractivity contribution in [2.24, 2.45) is 7.05 Å². The van der Waals surface area contributed by atoms with Crippen LogP contribution in [0, 0.1) is 0 Å². The van der Waals surface area contributed by atoms with Gasteiger partial charge in [0, 0.05) is 25.0 Å². The predicted octanol–water partition coefficient (Wildman–Crippen LogP) is 2.32. The third-order valence-electron chi connectivity index (χ3n) is 2.06. The molecule has 1 aliphatic carbocycles. The van der Waals surface area contributed by atoms with Gasteiger partial charge in [-0.1, -0.05) is 30.4 Å². The number of rotatable bonds is 1. The molecule has 0 fully saturated rings. The van der Waals surface area contributed by atoms with Crippen molar-refractivity contribution >= 4 is 5.57 Å². The molecular weight excluding hydrogens is 160 g/mol. The molecule has 1 aromatic rings. The first kappa shape index (κ1) is 8.05. The number of hydrogen-bond acceptors (Lipinski definition) is 1. The quantitative estimate of drug-likeness (QED) is 0.635. The maximum absolute atomic E-state index is 4.29. The highest BCUT2D eigenvalue weighted by Gasteiger charge is 2.02. The molecule has 0 unspecified atom stereocenters. The van der Waals surface area contributed by atoms with Gasteiger partial charge in [0.25, 0.3) is 0 Å². The highest BCUT2D eigenvalue weighted by Crippen LogP contribution is 2.15. The summed E-state index contributed by atoms with van der Waals surface area (Å²) in [6.07, 6.45) is 15.3. The highest BCUT2D eigenvalue weighted by molar-refractivity contribution is 5.71. The van der Waals surface area contributed by atoms with Gasteiger partial charge < -0.3 is 4.57 Å². The van der Waals surface area contributed by atoms with Gasteiger partial charge in [-0.25, -0.2) is 4.98 Å². The lowest BCUT2D eigenvalue weighted by Gasteiger charge is -2.00. The van der Waals surface area contributed by atoms with E-state index in [-0.39, 0.29) is 0 Å². The SMILES string of the molecule is Cn1ccnc1C1=CC=CCC=C1. The predicted molar refractivity (Wildman–Crippen MR) is 54.1 cm³/mol. The van der Waals surface area contributed by atoms with Crippen molar-refractivity contribution in [1.29, 1.82) is 0 Å². The highest BCUT2D eigenvalue weighted by atomic mass is 15.0. The molecule has 0 atom stereocenters. The largest absolute Gasteiger partial charge is 0.334 e. The van der Waals surface area contributed by atoms with Crippen molar-refractivity contribution in [1.82, 2.24) is 9.55 Å². The summed E-state index contributed by atoms with van der Waals surface area (Å²) in [4.78, 5) is 4.29. The first-order chi connectivity index (χ1) is 6.38. The third kappa shape index (κ3) is 1.61. The lowest BCUT2D eigenvalue weighted by molar-refractivity contribution is 0.892. The zero-order valence-corrected chi connectivity index (χ0v) is 7.64. The summed E-state index contributed by atoms with van der Waals surface area (Å²) in [5.74, 6) is 1.02. The fraction of sp³-hybridized carbons (Fsp3) is 0.182. The average molecular weight is 172 g/mol. The molecule has 1 heterocycles. The monoisotopic (exact) mass is 172 g/mol. The van der Waals surface area contributed by atoms with Crippen LogP contribution in [0.1, 0.15) is 12.2 Å². The smallest absolute Gasteiger partial charge is 0.139 e. The Morgan fingerprint density at radius 3 is 3.08 bits per heavy atom. The minimum atomic E-state index is 1.00. The number of imidazole rings is 1. The molecule has 0 bridgehead atoms. The normalized spacial score (nSPS) is 15.6. The van der Waals surface area contributed by atoms with Crippen LogP contribution in [-0.4, -0.2) is 9.55 Å². The van der Waals surface area contributed by atoms with Crippen LogP contribution in [0.4, 0.5) is 0 Å². The summed E-state index contributed by atoms with van der Waals surface area (Å²) >= 11 is 0. The number of aryl methyl sites for hydroxylation is 1. The van der Waals surface area contributed by atoms with Gasteiger partial charge in [0.2, 0.25) is 0 Å². The minimum absolute atomic E-state index is 1.00. The van der Waals surface area contributed by atoms with Crippen molar-refractivity contribution < 1.29 is 0 Å². The zero-order chi connectivity index (χ0) is 9.10. The summed E-state index contributed by atoms with van der Waals surface area (Å²) in [5.41, 5.74) is 1.17. The van der Waals surface area contributed by atoms with Gasteiger partial charge in [-0.3, -0.25) is 0 Å². The molecule has 0 aliphatic heterocycles. The summed E-state index contributed by atoms with van der Waals surface area (Å²) in [6.45, 7) is 0. The van der Waals surface area contributed by atoms with E-state index in [0.29, 0.717) is 0 Å². The van der Waals surface area contributed by atoms with E-state index in [1.165, 1.54) is 5.57 Å². The first-order valence-electron chi connectivity index (χ1n) is 4.39. The van der Waals surface area contributed by atoms with E-state index >= 15 is 0 Å². The van der Waals surface area contributed by atoms with E-state index in [0.717, 1.165) is 12.2 Å². The van der Waals surface area contributed by atoms with Crippen LogP contribution in [0.2, 0.25) is 0 Å². The Hall–Kier alpha value is -1.57. The summed E-state index contributed by atoms with van der Waals surface area (Å²) in [5, 5.41) is 0. The molecule has 0 saturated heterocycles. The molecule has 0 saturated carbocycles. The topological polar surface area (TPSA) is 17.8 Å². The van der Waals surface area contributed by atoms with Crippen molar-refractivity contribution in [3.63, 3.8) is 0 Å². The van der Waals surface area contributed by atoms with Gasteiger partial charge in [-0.2, -0.15) is 0 Å². The van der Waals surface area contributed by atoms with E-state index < -0.39 is 0 Å². The van der Waals surface area contributed by atoms with Crippen molar-refractivity contribution in [2.75, 3.05) is 0 Å². The van der Waals surface area contributed by atoms with Crippen molar-refractivity contribution in [2.45, 2.75) is 6.42 Å². The molecule has 66 valence electrons. The fourth-order valence-electron chi connectivity index (χ4n) is 1.37. The first-order valence-corrected chi connectivity index (χ1v) is 4.39. The summed E-state index contributed by atoms with van der Waals surface area (Å²) in [7, 11) is 2.01. The molecule has 0 aromatic carbocycles. The van der Waals surface area contributed by atoms with Gasteiger partial charge in [-0.15, -0.1) is 0 Å². The molecule has 2 heteroatoms. The van der Waals surface area contributed by atoms with Crippen molar-refractivity contribution in [3.8, 4) is 0 Å². The Labute approximate surface area is 77.9 Å². The van der Waals surface area contributed by atoms with E-state index in [4.69, 9.17) is 0 Å². The van der Waals surface area contributed by atoms with Gasteiger partial charge in [0.1, 0.15) is 5.82 Å².